The molecule has 1 amide bonds. The van der Waals surface area contributed by atoms with E-state index in [9.17, 15) is 26.4 Å². The van der Waals surface area contributed by atoms with Crippen molar-refractivity contribution in [2.75, 3.05) is 25.6 Å². The van der Waals surface area contributed by atoms with Crippen LogP contribution >= 0.6 is 0 Å². The van der Waals surface area contributed by atoms with Gasteiger partial charge in [-0.2, -0.15) is 0 Å². The van der Waals surface area contributed by atoms with E-state index in [1.165, 1.54) is 20.2 Å². The normalized spacial score (nSPS) is 22.1. The van der Waals surface area contributed by atoms with Gasteiger partial charge in [-0.05, 0) is 25.3 Å². The van der Waals surface area contributed by atoms with Gasteiger partial charge in [0.25, 0.3) is 5.56 Å². The molecule has 1 aliphatic carbocycles. The molecule has 150 valence electrons. The van der Waals surface area contributed by atoms with Crippen LogP contribution in [-0.2, 0) is 31.2 Å². The molecule has 1 saturated heterocycles. The Morgan fingerprint density at radius 1 is 1.19 bits per heavy atom. The Labute approximate surface area is 158 Å². The van der Waals surface area contributed by atoms with E-state index in [0.717, 1.165) is 34.0 Å². The van der Waals surface area contributed by atoms with Crippen LogP contribution in [0.5, 0.6) is 0 Å². The third-order valence-corrected chi connectivity index (χ3v) is 8.42. The molecule has 0 aromatic carbocycles. The van der Waals surface area contributed by atoms with Crippen LogP contribution in [0.2, 0.25) is 0 Å². The Morgan fingerprint density at radius 2 is 1.85 bits per heavy atom. The largest absolute Gasteiger partial charge is 0.334 e. The first-order valence-electron chi connectivity index (χ1n) is 8.66. The Balaban J connectivity index is 1.85. The number of pyridine rings is 1. The Kier molecular flexibility index (Phi) is 5.21. The number of hydrogen-bond acceptors (Lipinski definition) is 6. The Morgan fingerprint density at radius 3 is 2.37 bits per heavy atom. The zero-order chi connectivity index (χ0) is 20.0. The molecule has 2 heterocycles. The van der Waals surface area contributed by atoms with E-state index in [-0.39, 0.29) is 40.9 Å². The summed E-state index contributed by atoms with van der Waals surface area (Å²) in [5.74, 6) is -0.356. The van der Waals surface area contributed by atoms with Gasteiger partial charge in [0.1, 0.15) is 6.54 Å². The molecule has 0 N–H and O–H groups in total. The fraction of sp³-hybridized carbons (Fsp3) is 0.625. The van der Waals surface area contributed by atoms with Gasteiger partial charge in [0.05, 0.1) is 16.4 Å². The summed E-state index contributed by atoms with van der Waals surface area (Å²) in [4.78, 5) is 26.5. The lowest BCUT2D eigenvalue weighted by Gasteiger charge is -2.28. The fourth-order valence-corrected chi connectivity index (χ4v) is 5.91. The van der Waals surface area contributed by atoms with Gasteiger partial charge in [-0.1, -0.05) is 0 Å². The standard InChI is InChI=1S/C16H23N3O6S2/c1-17(2)27(24,25)14-5-6-15(20)18(9-14)10-16(21)19(12-3-4-12)13-7-8-26(22,23)11-13/h5-6,9,12-13H,3-4,7-8,10-11H2,1-2H3. The third kappa shape index (κ3) is 4.25. The summed E-state index contributed by atoms with van der Waals surface area (Å²) in [6, 6.07) is 1.95. The molecule has 1 unspecified atom stereocenters. The number of hydrogen-bond donors (Lipinski definition) is 0. The van der Waals surface area contributed by atoms with Crippen LogP contribution in [-0.4, -0.2) is 74.2 Å². The van der Waals surface area contributed by atoms with Gasteiger partial charge in [-0.15, -0.1) is 0 Å². The molecule has 0 radical (unpaired) electrons. The van der Waals surface area contributed by atoms with Crippen molar-refractivity contribution in [1.29, 1.82) is 0 Å². The van der Waals surface area contributed by atoms with Crippen molar-refractivity contribution >= 4 is 25.8 Å². The van der Waals surface area contributed by atoms with Gasteiger partial charge in [0.15, 0.2) is 9.84 Å². The van der Waals surface area contributed by atoms with Gasteiger partial charge in [0, 0.05) is 38.4 Å². The second-order valence-corrected chi connectivity index (χ2v) is 11.6. The minimum Gasteiger partial charge on any atom is -0.334 e. The predicted octanol–water partition coefficient (Wildman–Crippen LogP) is -0.723. The van der Waals surface area contributed by atoms with Crippen LogP contribution in [0.15, 0.2) is 28.0 Å². The maximum atomic E-state index is 12.9. The van der Waals surface area contributed by atoms with E-state index in [1.807, 2.05) is 0 Å². The molecule has 2 aliphatic rings. The lowest BCUT2D eigenvalue weighted by atomic mass is 10.2. The number of sulfonamides is 1. The molecule has 27 heavy (non-hydrogen) atoms. The number of nitrogens with zero attached hydrogens (tertiary/aromatic N) is 3. The number of sulfone groups is 1. The van der Waals surface area contributed by atoms with Crippen molar-refractivity contribution in [2.45, 2.75) is 42.8 Å². The third-order valence-electron chi connectivity index (χ3n) is 4.87. The van der Waals surface area contributed by atoms with E-state index in [1.54, 1.807) is 4.90 Å². The number of amides is 1. The molecular formula is C16H23N3O6S2. The Hall–Kier alpha value is -1.72. The van der Waals surface area contributed by atoms with Gasteiger partial charge in [-0.25, -0.2) is 21.1 Å². The minimum atomic E-state index is -3.74. The van der Waals surface area contributed by atoms with Crippen molar-refractivity contribution < 1.29 is 21.6 Å². The zero-order valence-electron chi connectivity index (χ0n) is 15.2. The second-order valence-electron chi connectivity index (χ2n) is 7.21. The van der Waals surface area contributed by atoms with Crippen molar-refractivity contribution in [1.82, 2.24) is 13.8 Å². The summed E-state index contributed by atoms with van der Waals surface area (Å²) in [6.45, 7) is -0.317. The highest BCUT2D eigenvalue weighted by atomic mass is 32.2. The monoisotopic (exact) mass is 417 g/mol. The van der Waals surface area contributed by atoms with Crippen LogP contribution in [0.1, 0.15) is 19.3 Å². The summed E-state index contributed by atoms with van der Waals surface area (Å²) in [7, 11) is -4.12. The van der Waals surface area contributed by atoms with Crippen LogP contribution in [0.4, 0.5) is 0 Å². The molecule has 1 saturated carbocycles. The average Bonchev–Trinajstić information content (AvgIpc) is 3.32. The van der Waals surface area contributed by atoms with Crippen molar-refractivity contribution in [3.8, 4) is 0 Å². The highest BCUT2D eigenvalue weighted by Gasteiger charge is 2.42. The summed E-state index contributed by atoms with van der Waals surface area (Å²) >= 11 is 0. The molecule has 9 nitrogen and oxygen atoms in total. The zero-order valence-corrected chi connectivity index (χ0v) is 16.9. The summed E-state index contributed by atoms with van der Waals surface area (Å²) in [5, 5.41) is 0. The maximum absolute atomic E-state index is 12.9. The molecule has 3 rings (SSSR count). The molecule has 2 fully saturated rings. The molecule has 1 aliphatic heterocycles. The topological polar surface area (TPSA) is 114 Å². The summed E-state index contributed by atoms with van der Waals surface area (Å²) < 4.78 is 50.2. The molecule has 0 spiro atoms. The van der Waals surface area contributed by atoms with Crippen molar-refractivity contribution in [2.24, 2.45) is 0 Å². The van der Waals surface area contributed by atoms with E-state index in [2.05, 4.69) is 0 Å². The van der Waals surface area contributed by atoms with Crippen LogP contribution in [0, 0.1) is 0 Å². The van der Waals surface area contributed by atoms with E-state index < -0.39 is 25.4 Å². The fourth-order valence-electron chi connectivity index (χ4n) is 3.28. The lowest BCUT2D eigenvalue weighted by molar-refractivity contribution is -0.134. The number of aromatic nitrogens is 1. The van der Waals surface area contributed by atoms with Crippen LogP contribution in [0.25, 0.3) is 0 Å². The van der Waals surface area contributed by atoms with Gasteiger partial charge in [-0.3, -0.25) is 9.59 Å². The minimum absolute atomic E-state index is 0.000178. The first kappa shape index (κ1) is 20.0. The molecular weight excluding hydrogens is 394 g/mol. The average molecular weight is 418 g/mol. The molecule has 1 aromatic heterocycles. The SMILES string of the molecule is CN(C)S(=O)(=O)c1ccc(=O)n(CC(=O)N(C2CC2)C2CCS(=O)(=O)C2)c1. The molecule has 1 atom stereocenters. The second kappa shape index (κ2) is 7.02. The van der Waals surface area contributed by atoms with Gasteiger partial charge >= 0.3 is 0 Å². The van der Waals surface area contributed by atoms with Crippen LogP contribution in [0.3, 0.4) is 0 Å². The first-order valence-corrected chi connectivity index (χ1v) is 11.9. The smallest absolute Gasteiger partial charge is 0.251 e. The number of rotatable bonds is 6. The summed E-state index contributed by atoms with van der Waals surface area (Å²) in [6.07, 6.45) is 3.18. The maximum Gasteiger partial charge on any atom is 0.251 e. The van der Waals surface area contributed by atoms with E-state index in [0.29, 0.717) is 6.42 Å². The van der Waals surface area contributed by atoms with E-state index in [4.69, 9.17) is 0 Å². The van der Waals surface area contributed by atoms with Gasteiger partial charge < -0.3 is 9.47 Å². The molecule has 11 heteroatoms. The molecule has 1 aromatic rings. The quantitative estimate of drug-likeness (QED) is 0.603. The number of carbonyl (C=O) groups is 1. The lowest BCUT2D eigenvalue weighted by Crippen LogP contribution is -2.45. The predicted molar refractivity (Wildman–Crippen MR) is 98.5 cm³/mol. The summed E-state index contributed by atoms with van der Waals surface area (Å²) in [5.41, 5.74) is -0.490. The van der Waals surface area contributed by atoms with Crippen molar-refractivity contribution in [3.63, 3.8) is 0 Å². The highest BCUT2D eigenvalue weighted by molar-refractivity contribution is 7.91. The highest BCUT2D eigenvalue weighted by Crippen LogP contribution is 2.32. The Bertz CT molecular complexity index is 1010. The van der Waals surface area contributed by atoms with Crippen molar-refractivity contribution in [3.05, 3.63) is 28.7 Å². The van der Waals surface area contributed by atoms with Crippen LogP contribution < -0.4 is 5.56 Å². The first-order chi connectivity index (χ1) is 12.5. The van der Waals surface area contributed by atoms with Gasteiger partial charge in [0.2, 0.25) is 15.9 Å². The number of carbonyl (C=O) groups excluding carboxylic acids is 1. The van der Waals surface area contributed by atoms with E-state index >= 15 is 0 Å². The molecule has 0 bridgehead atoms.